The molecule has 0 aliphatic heterocycles. The molecule has 0 atom stereocenters. The summed E-state index contributed by atoms with van der Waals surface area (Å²) in [6.45, 7) is 0. The van der Waals surface area contributed by atoms with E-state index in [2.05, 4.69) is 0 Å². The summed E-state index contributed by atoms with van der Waals surface area (Å²) >= 11 is 0. The quantitative estimate of drug-likeness (QED) is 0.446. The Morgan fingerprint density at radius 1 is 1.14 bits per heavy atom. The molecule has 2 N–H and O–H groups in total. The maximum absolute atomic E-state index is 8.74. The zero-order valence-corrected chi connectivity index (χ0v) is 9.14. The van der Waals surface area contributed by atoms with Gasteiger partial charge in [0.25, 0.3) is 0 Å². The van der Waals surface area contributed by atoms with Crippen molar-refractivity contribution in [3.8, 4) is 0 Å². The van der Waals surface area contributed by atoms with Gasteiger partial charge in [-0.15, -0.1) is 0 Å². The number of hydrogen-bond donors (Lipinski definition) is 2. The Labute approximate surface area is 62.7 Å². The summed E-state index contributed by atoms with van der Waals surface area (Å²) in [6.07, 6.45) is 0. The molecule has 0 aliphatic carbocycles. The van der Waals surface area contributed by atoms with Gasteiger partial charge in [-0.2, -0.15) is 8.42 Å². The van der Waals surface area contributed by atoms with E-state index in [1.54, 1.807) is 0 Å². The molecule has 0 bridgehead atoms. The van der Waals surface area contributed by atoms with Gasteiger partial charge < -0.3 is 0 Å². The van der Waals surface area contributed by atoms with Gasteiger partial charge >= 0.3 is 37.7 Å². The van der Waals surface area contributed by atoms with Crippen LogP contribution in [0.2, 0.25) is 0 Å². The molecular formula is CH8O4PbS. The summed E-state index contributed by atoms with van der Waals surface area (Å²) in [7, 11) is -4.67. The first kappa shape index (κ1) is 15.7. The minimum absolute atomic E-state index is 0. The van der Waals surface area contributed by atoms with Crippen molar-refractivity contribution in [3.05, 3.63) is 0 Å². The predicted molar refractivity (Wildman–Crippen MR) is 29.5 cm³/mol. The first-order valence-corrected chi connectivity index (χ1v) is 2.10. The van der Waals surface area contributed by atoms with Crippen molar-refractivity contribution >= 4 is 37.7 Å². The molecule has 0 heterocycles. The summed E-state index contributed by atoms with van der Waals surface area (Å²) in [5.41, 5.74) is 0. The Hall–Kier alpha value is 0.792. The monoisotopic (exact) mass is 324 g/mol. The second kappa shape index (κ2) is 4.94. The van der Waals surface area contributed by atoms with Gasteiger partial charge in [0, 0.05) is 0 Å². The average molecular weight is 323 g/mol. The molecule has 0 unspecified atom stereocenters. The van der Waals surface area contributed by atoms with Crippen LogP contribution >= 0.6 is 0 Å². The van der Waals surface area contributed by atoms with E-state index in [1.807, 2.05) is 0 Å². The van der Waals surface area contributed by atoms with Crippen molar-refractivity contribution in [2.24, 2.45) is 0 Å². The van der Waals surface area contributed by atoms with Crippen LogP contribution in [0.4, 0.5) is 0 Å². The molecule has 4 nitrogen and oxygen atoms in total. The van der Waals surface area contributed by atoms with Crippen molar-refractivity contribution in [1.82, 2.24) is 0 Å². The SMILES string of the molecule is C.O=S(=O)(O)O.[PbH2]. The second-order valence-electron chi connectivity index (χ2n) is 0.448. The molecule has 6 heteroatoms. The summed E-state index contributed by atoms with van der Waals surface area (Å²) in [4.78, 5) is 0. The van der Waals surface area contributed by atoms with Gasteiger partial charge in [0.05, 0.1) is 0 Å². The van der Waals surface area contributed by atoms with E-state index < -0.39 is 10.4 Å². The van der Waals surface area contributed by atoms with E-state index >= 15 is 0 Å². The van der Waals surface area contributed by atoms with Crippen molar-refractivity contribution in [1.29, 1.82) is 0 Å². The van der Waals surface area contributed by atoms with Gasteiger partial charge in [-0.25, -0.2) is 0 Å². The topological polar surface area (TPSA) is 74.6 Å². The zero-order valence-electron chi connectivity index (χ0n) is 2.83. The van der Waals surface area contributed by atoms with Gasteiger partial charge in [-0.1, -0.05) is 7.43 Å². The van der Waals surface area contributed by atoms with Gasteiger partial charge in [-0.05, 0) is 0 Å². The molecule has 0 fully saturated rings. The number of rotatable bonds is 0. The maximum atomic E-state index is 8.74. The van der Waals surface area contributed by atoms with Gasteiger partial charge in [0.2, 0.25) is 0 Å². The van der Waals surface area contributed by atoms with Crippen LogP contribution in [0.5, 0.6) is 0 Å². The van der Waals surface area contributed by atoms with E-state index in [4.69, 9.17) is 17.5 Å². The van der Waals surface area contributed by atoms with Gasteiger partial charge in [0.1, 0.15) is 0 Å². The Morgan fingerprint density at radius 3 is 1.14 bits per heavy atom. The van der Waals surface area contributed by atoms with E-state index in [1.165, 1.54) is 0 Å². The first-order valence-electron chi connectivity index (χ1n) is 0.698. The fourth-order valence-electron chi connectivity index (χ4n) is 0. The molecule has 2 radical (unpaired) electrons. The van der Waals surface area contributed by atoms with Crippen LogP contribution in [0.3, 0.4) is 0 Å². The second-order valence-corrected chi connectivity index (χ2v) is 1.34. The van der Waals surface area contributed by atoms with Crippen LogP contribution in [0.1, 0.15) is 7.43 Å². The van der Waals surface area contributed by atoms with Crippen LogP contribution in [-0.2, 0) is 10.4 Å². The first-order chi connectivity index (χ1) is 2.00. The molecular weight excluding hydrogens is 315 g/mol. The minimum atomic E-state index is -4.67. The molecule has 0 saturated heterocycles. The van der Waals surface area contributed by atoms with E-state index in [-0.39, 0.29) is 34.7 Å². The third kappa shape index (κ3) is 249. The molecule has 7 heavy (non-hydrogen) atoms. The fraction of sp³-hybridized carbons (Fsp3) is 1.00. The molecule has 46 valence electrons. The summed E-state index contributed by atoms with van der Waals surface area (Å²) in [5, 5.41) is 0. The fourth-order valence-corrected chi connectivity index (χ4v) is 0. The van der Waals surface area contributed by atoms with Crippen molar-refractivity contribution < 1.29 is 17.5 Å². The molecule has 0 aromatic rings. The Kier molecular flexibility index (Phi) is 11.0. The van der Waals surface area contributed by atoms with Crippen LogP contribution in [0.15, 0.2) is 0 Å². The van der Waals surface area contributed by atoms with Crippen molar-refractivity contribution in [2.45, 2.75) is 7.43 Å². The normalized spacial score (nSPS) is 8.29. The molecule has 0 spiro atoms. The van der Waals surface area contributed by atoms with Crippen LogP contribution in [0.25, 0.3) is 0 Å². The van der Waals surface area contributed by atoms with Crippen molar-refractivity contribution in [3.63, 3.8) is 0 Å². The van der Waals surface area contributed by atoms with Crippen molar-refractivity contribution in [2.75, 3.05) is 0 Å². The average Bonchev–Trinajstić information content (AvgIpc) is 0.722. The molecule has 0 aromatic carbocycles. The molecule has 0 aromatic heterocycles. The van der Waals surface area contributed by atoms with Crippen LogP contribution in [-0.4, -0.2) is 44.8 Å². The summed E-state index contributed by atoms with van der Waals surface area (Å²) in [5.74, 6) is 0. The Balaban J connectivity index is -0.0000000800. The van der Waals surface area contributed by atoms with E-state index in [0.29, 0.717) is 0 Å². The standard InChI is InChI=1S/CH4.H2O4S.Pb.2H/c;1-5(2,3)4;;;/h1H4;(H2,1,2,3,4);;;. The Bertz CT molecular complexity index is 94.9. The number of hydrogen-bond acceptors (Lipinski definition) is 2. The molecule has 0 saturated carbocycles. The summed E-state index contributed by atoms with van der Waals surface area (Å²) in [6, 6.07) is 0. The van der Waals surface area contributed by atoms with Crippen LogP contribution < -0.4 is 0 Å². The van der Waals surface area contributed by atoms with Gasteiger partial charge in [-0.3, -0.25) is 9.11 Å². The van der Waals surface area contributed by atoms with E-state index in [9.17, 15) is 0 Å². The molecule has 0 amide bonds. The molecule has 0 rings (SSSR count). The third-order valence-corrected chi connectivity index (χ3v) is 0. The van der Waals surface area contributed by atoms with Crippen LogP contribution in [0, 0.1) is 0 Å². The van der Waals surface area contributed by atoms with Gasteiger partial charge in [0.15, 0.2) is 0 Å². The summed E-state index contributed by atoms with van der Waals surface area (Å²) < 4.78 is 31.6. The molecule has 0 aliphatic rings. The predicted octanol–water partition coefficient (Wildman–Crippen LogP) is -0.933. The van der Waals surface area contributed by atoms with E-state index in [0.717, 1.165) is 0 Å². The zero-order chi connectivity index (χ0) is 4.50. The Morgan fingerprint density at radius 2 is 1.14 bits per heavy atom. The third-order valence-electron chi connectivity index (χ3n) is 0.